The second-order valence-corrected chi connectivity index (χ2v) is 10.4. The normalized spacial score (nSPS) is 11.7. The Morgan fingerprint density at radius 1 is 1.56 bits per heavy atom. The molecule has 0 atom stereocenters. The first kappa shape index (κ1) is 12.9. The molecule has 0 aliphatic carbocycles. The van der Waals surface area contributed by atoms with Gasteiger partial charge in [0, 0.05) is 14.7 Å². The van der Waals surface area contributed by atoms with Crippen molar-refractivity contribution in [3.63, 3.8) is 0 Å². The molecule has 0 saturated carbocycles. The lowest BCUT2D eigenvalue weighted by Crippen LogP contribution is -2.22. The fourth-order valence-corrected chi connectivity index (χ4v) is 1.81. The van der Waals surface area contributed by atoms with E-state index in [-0.39, 0.29) is 12.5 Å². The average Bonchev–Trinajstić information content (AvgIpc) is 2.59. The van der Waals surface area contributed by atoms with Crippen molar-refractivity contribution >= 4 is 13.9 Å². The van der Waals surface area contributed by atoms with Crippen LogP contribution in [0.25, 0.3) is 0 Å². The summed E-state index contributed by atoms with van der Waals surface area (Å²) in [7, 11) is -1.07. The summed E-state index contributed by atoms with van der Waals surface area (Å²) >= 11 is 0. The van der Waals surface area contributed by atoms with E-state index in [2.05, 4.69) is 24.7 Å². The summed E-state index contributed by atoms with van der Waals surface area (Å²) in [5, 5.41) is 14.1. The molecule has 0 fully saturated rings. The van der Waals surface area contributed by atoms with Crippen LogP contribution in [0.2, 0.25) is 25.7 Å². The molecule has 0 unspecified atom stereocenters. The minimum atomic E-state index is -1.07. The molecule has 16 heavy (non-hydrogen) atoms. The molecule has 1 aromatic heterocycles. The smallest absolute Gasteiger partial charge is 0.358 e. The van der Waals surface area contributed by atoms with E-state index in [0.29, 0.717) is 6.61 Å². The topological polar surface area (TPSA) is 70.2 Å². The van der Waals surface area contributed by atoms with E-state index >= 15 is 0 Å². The van der Waals surface area contributed by atoms with Gasteiger partial charge < -0.3 is 14.9 Å². The van der Waals surface area contributed by atoms with Gasteiger partial charge in [-0.15, -0.1) is 0 Å². The van der Waals surface area contributed by atoms with E-state index in [1.54, 1.807) is 6.20 Å². The molecule has 0 aliphatic rings. The third kappa shape index (κ3) is 4.54. The van der Waals surface area contributed by atoms with Gasteiger partial charge in [0.2, 0.25) is 0 Å². The highest BCUT2D eigenvalue weighted by molar-refractivity contribution is 6.76. The second kappa shape index (κ2) is 5.22. The average molecular weight is 243 g/mol. The number of rotatable bonds is 6. The summed E-state index contributed by atoms with van der Waals surface area (Å²) in [5.74, 6) is -0.145. The molecular formula is C9H17N3O3Si. The molecule has 90 valence electrons. The van der Waals surface area contributed by atoms with Crippen LogP contribution in [0.5, 0.6) is 0 Å². The highest BCUT2D eigenvalue weighted by Crippen LogP contribution is 2.08. The lowest BCUT2D eigenvalue weighted by atomic mass is 10.7. The molecule has 0 aliphatic heterocycles. The quantitative estimate of drug-likeness (QED) is 0.332. The van der Waals surface area contributed by atoms with Gasteiger partial charge in [-0.1, -0.05) is 19.6 Å². The molecule has 1 rings (SSSR count). The fraction of sp³-hybridized carbons (Fsp3) is 0.667. The number of aromatic nitrogens is 2. The molecule has 0 radical (unpaired) electrons. The summed E-state index contributed by atoms with van der Waals surface area (Å²) in [4.78, 5) is 9.85. The minimum Gasteiger partial charge on any atom is -0.358 e. The Hall–Kier alpha value is -1.21. The largest absolute Gasteiger partial charge is 0.390 e. The molecule has 0 spiro atoms. The van der Waals surface area contributed by atoms with Crippen molar-refractivity contribution in [3.8, 4) is 0 Å². The molecule has 0 saturated heterocycles. The van der Waals surface area contributed by atoms with Gasteiger partial charge >= 0.3 is 5.82 Å². The molecular weight excluding hydrogens is 226 g/mol. The zero-order chi connectivity index (χ0) is 12.2. The van der Waals surface area contributed by atoms with E-state index < -0.39 is 13.0 Å². The maximum absolute atomic E-state index is 10.4. The summed E-state index contributed by atoms with van der Waals surface area (Å²) in [6, 6.07) is 2.44. The van der Waals surface area contributed by atoms with Gasteiger partial charge in [-0.05, 0) is 11.0 Å². The number of nitrogens with zero attached hydrogens (tertiary/aromatic N) is 3. The molecule has 0 amide bonds. The van der Waals surface area contributed by atoms with Crippen molar-refractivity contribution < 1.29 is 9.66 Å². The number of hydrogen-bond acceptors (Lipinski definition) is 4. The summed E-state index contributed by atoms with van der Waals surface area (Å²) in [6.07, 6.45) is 1.55. The lowest BCUT2D eigenvalue weighted by molar-refractivity contribution is -0.389. The van der Waals surface area contributed by atoms with Gasteiger partial charge in [-0.3, -0.25) is 0 Å². The van der Waals surface area contributed by atoms with Crippen LogP contribution in [-0.2, 0) is 11.5 Å². The first-order chi connectivity index (χ1) is 7.38. The molecule has 0 bridgehead atoms. The lowest BCUT2D eigenvalue weighted by Gasteiger charge is -2.14. The number of nitro groups is 1. The van der Waals surface area contributed by atoms with Gasteiger partial charge in [-0.2, -0.15) is 4.68 Å². The van der Waals surface area contributed by atoms with Crippen molar-refractivity contribution in [2.24, 2.45) is 0 Å². The van der Waals surface area contributed by atoms with Crippen molar-refractivity contribution in [3.05, 3.63) is 22.4 Å². The molecule has 0 aromatic carbocycles. The predicted octanol–water partition coefficient (Wildman–Crippen LogP) is 2.10. The van der Waals surface area contributed by atoms with Crippen LogP contribution >= 0.6 is 0 Å². The third-order valence-corrected chi connectivity index (χ3v) is 3.74. The highest BCUT2D eigenvalue weighted by Gasteiger charge is 2.13. The van der Waals surface area contributed by atoms with Crippen LogP contribution in [-0.4, -0.2) is 29.4 Å². The van der Waals surface area contributed by atoms with Crippen LogP contribution in [0.4, 0.5) is 5.82 Å². The third-order valence-electron chi connectivity index (χ3n) is 2.03. The maximum atomic E-state index is 10.4. The van der Waals surface area contributed by atoms with Crippen molar-refractivity contribution in [1.29, 1.82) is 0 Å². The van der Waals surface area contributed by atoms with E-state index in [9.17, 15) is 10.1 Å². The molecule has 7 heteroatoms. The van der Waals surface area contributed by atoms with Crippen molar-refractivity contribution in [2.75, 3.05) is 6.61 Å². The van der Waals surface area contributed by atoms with Gasteiger partial charge in [0.05, 0.1) is 17.4 Å². The monoisotopic (exact) mass is 243 g/mol. The van der Waals surface area contributed by atoms with Crippen LogP contribution in [0.3, 0.4) is 0 Å². The number of ether oxygens (including phenoxy) is 1. The molecule has 1 heterocycles. The van der Waals surface area contributed by atoms with Crippen LogP contribution < -0.4 is 0 Å². The van der Waals surface area contributed by atoms with Gasteiger partial charge in [0.1, 0.15) is 0 Å². The zero-order valence-corrected chi connectivity index (χ0v) is 10.8. The molecule has 6 nitrogen and oxygen atoms in total. The van der Waals surface area contributed by atoms with Gasteiger partial charge in [0.25, 0.3) is 0 Å². The Morgan fingerprint density at radius 3 is 2.75 bits per heavy atom. The first-order valence-electron chi connectivity index (χ1n) is 5.14. The first-order valence-corrected chi connectivity index (χ1v) is 8.85. The Bertz CT molecular complexity index is 359. The van der Waals surface area contributed by atoms with Gasteiger partial charge in [0.15, 0.2) is 6.73 Å². The Kier molecular flexibility index (Phi) is 4.19. The zero-order valence-electron chi connectivity index (χ0n) is 9.84. The van der Waals surface area contributed by atoms with E-state index in [1.807, 2.05) is 0 Å². The van der Waals surface area contributed by atoms with E-state index in [1.165, 1.54) is 10.7 Å². The summed E-state index contributed by atoms with van der Waals surface area (Å²) < 4.78 is 6.83. The Labute approximate surface area is 95.4 Å². The highest BCUT2D eigenvalue weighted by atomic mass is 28.3. The standard InChI is InChI=1S/C9H17N3O3Si/c1-16(2,3)7-6-15-8-11-5-4-9(10-11)12(13)14/h4-5H,6-8H2,1-3H3. The van der Waals surface area contributed by atoms with Crippen LogP contribution in [0.15, 0.2) is 12.3 Å². The number of hydrogen-bond donors (Lipinski definition) is 0. The SMILES string of the molecule is C[Si](C)(C)CCOCn1ccc([N+](=O)[O-])n1. The van der Waals surface area contributed by atoms with Gasteiger partial charge in [-0.25, -0.2) is 0 Å². The molecule has 0 N–H and O–H groups in total. The Morgan fingerprint density at radius 2 is 2.25 bits per heavy atom. The van der Waals surface area contributed by atoms with Crippen molar-refractivity contribution in [2.45, 2.75) is 32.4 Å². The second-order valence-electron chi connectivity index (χ2n) is 4.82. The summed E-state index contributed by atoms with van der Waals surface area (Å²) in [6.45, 7) is 7.78. The fourth-order valence-electron chi connectivity index (χ4n) is 1.06. The van der Waals surface area contributed by atoms with Crippen LogP contribution in [0.1, 0.15) is 0 Å². The van der Waals surface area contributed by atoms with E-state index in [0.717, 1.165) is 6.04 Å². The predicted molar refractivity (Wildman–Crippen MR) is 63.0 cm³/mol. The molecule has 1 aromatic rings. The maximum Gasteiger partial charge on any atom is 0.390 e. The van der Waals surface area contributed by atoms with Crippen molar-refractivity contribution in [1.82, 2.24) is 9.78 Å². The summed E-state index contributed by atoms with van der Waals surface area (Å²) in [5.41, 5.74) is 0. The minimum absolute atomic E-state index is 0.145. The van der Waals surface area contributed by atoms with E-state index in [4.69, 9.17) is 4.74 Å². The van der Waals surface area contributed by atoms with Crippen LogP contribution in [0, 0.1) is 10.1 Å². The Balaban J connectivity index is 2.30.